The van der Waals surface area contributed by atoms with Crippen molar-refractivity contribution in [1.29, 1.82) is 15.8 Å². The van der Waals surface area contributed by atoms with E-state index in [1.165, 1.54) is 38.9 Å². The lowest BCUT2D eigenvalue weighted by Gasteiger charge is -2.18. The fourth-order valence-corrected chi connectivity index (χ4v) is 9.40. The third kappa shape index (κ3) is 9.83. The predicted octanol–water partition coefficient (Wildman–Crippen LogP) is 15.9. The molecular weight excluding hydrogens is 849 g/mol. The molecule has 1 heterocycles. The van der Waals surface area contributed by atoms with Crippen LogP contribution < -0.4 is 0 Å². The molecule has 0 unspecified atom stereocenters. The molecule has 0 aliphatic rings. The Bertz CT molecular complexity index is 3440. The zero-order valence-corrected chi connectivity index (χ0v) is 38.6. The molecule has 1 aromatic heterocycles. The maximum atomic E-state index is 9.85. The Balaban J connectivity index is 1.02. The average Bonchev–Trinajstić information content (AvgIpc) is 3.44. The molecular formula is C66H46N4. The van der Waals surface area contributed by atoms with Gasteiger partial charge < -0.3 is 0 Å². The summed E-state index contributed by atoms with van der Waals surface area (Å²) in [7, 11) is 0. The zero-order chi connectivity index (χ0) is 47.7. The van der Waals surface area contributed by atoms with Crippen molar-refractivity contribution in [2.24, 2.45) is 0 Å². The van der Waals surface area contributed by atoms with Crippen LogP contribution in [0.4, 0.5) is 0 Å². The van der Waals surface area contributed by atoms with Crippen LogP contribution in [0.25, 0.3) is 78.0 Å². The normalized spacial score (nSPS) is 10.8. The highest BCUT2D eigenvalue weighted by Gasteiger charge is 2.17. The third-order valence-corrected chi connectivity index (χ3v) is 13.1. The van der Waals surface area contributed by atoms with Crippen LogP contribution in [0.3, 0.4) is 0 Å². The first-order valence-corrected chi connectivity index (χ1v) is 23.6. The number of aromatic nitrogens is 1. The Morgan fingerprint density at radius 2 is 0.743 bits per heavy atom. The van der Waals surface area contributed by atoms with Crippen LogP contribution in [-0.4, -0.2) is 4.98 Å². The first kappa shape index (κ1) is 44.4. The molecule has 0 N–H and O–H groups in total. The van der Waals surface area contributed by atoms with Gasteiger partial charge in [-0.25, -0.2) is 0 Å². The van der Waals surface area contributed by atoms with Gasteiger partial charge in [0.1, 0.15) is 18.2 Å². The third-order valence-electron chi connectivity index (χ3n) is 13.1. The SMILES string of the molecule is N#Cc1cc(-c2ccc(-c3cc(-c4ccccc4)ccc3-c3ccccc3-c3cc(CCc4ccc(-c5ccccc5)cc4)cc(CCc4ccc(-c5ccccn5)cc4)c3)cc2)cc(C#N)c1C#N. The van der Waals surface area contributed by atoms with Gasteiger partial charge in [-0.2, -0.15) is 15.8 Å². The van der Waals surface area contributed by atoms with Gasteiger partial charge >= 0.3 is 0 Å². The van der Waals surface area contributed by atoms with Crippen LogP contribution in [0, 0.1) is 34.0 Å². The van der Waals surface area contributed by atoms with Gasteiger partial charge in [-0.15, -0.1) is 0 Å². The van der Waals surface area contributed by atoms with E-state index in [0.717, 1.165) is 81.4 Å². The fraction of sp³-hybridized carbons (Fsp3) is 0.0606. The maximum absolute atomic E-state index is 9.85. The van der Waals surface area contributed by atoms with Crippen molar-refractivity contribution in [3.63, 3.8) is 0 Å². The van der Waals surface area contributed by atoms with Gasteiger partial charge in [0.25, 0.3) is 0 Å². The highest BCUT2D eigenvalue weighted by Crippen LogP contribution is 2.41. The maximum Gasteiger partial charge on any atom is 0.102 e. The Morgan fingerprint density at radius 3 is 1.31 bits per heavy atom. The number of nitrogens with zero attached hydrogens (tertiary/aromatic N) is 4. The second-order valence-corrected chi connectivity index (χ2v) is 17.5. The molecule has 0 radical (unpaired) electrons. The summed E-state index contributed by atoms with van der Waals surface area (Å²) in [6, 6.07) is 85.4. The molecule has 0 fully saturated rings. The molecule has 4 heteroatoms. The summed E-state index contributed by atoms with van der Waals surface area (Å²) >= 11 is 0. The molecule has 0 amide bonds. The predicted molar refractivity (Wildman–Crippen MR) is 284 cm³/mol. The summed E-state index contributed by atoms with van der Waals surface area (Å²) in [5, 5.41) is 29.4. The molecule has 10 aromatic rings. The molecule has 330 valence electrons. The Morgan fingerprint density at radius 1 is 0.286 bits per heavy atom. The van der Waals surface area contributed by atoms with Gasteiger partial charge in [-0.05, 0) is 145 Å². The molecule has 4 nitrogen and oxygen atoms in total. The van der Waals surface area contributed by atoms with Gasteiger partial charge in [0, 0.05) is 11.8 Å². The number of rotatable bonds is 13. The largest absolute Gasteiger partial charge is 0.256 e. The minimum atomic E-state index is 0.102. The van der Waals surface area contributed by atoms with Crippen molar-refractivity contribution >= 4 is 0 Å². The van der Waals surface area contributed by atoms with E-state index in [9.17, 15) is 15.8 Å². The van der Waals surface area contributed by atoms with Crippen molar-refractivity contribution in [2.75, 3.05) is 0 Å². The summed E-state index contributed by atoms with van der Waals surface area (Å²) in [5.41, 5.74) is 20.7. The molecule has 0 bridgehead atoms. The molecule has 0 saturated heterocycles. The van der Waals surface area contributed by atoms with E-state index < -0.39 is 0 Å². The number of aryl methyl sites for hydroxylation is 4. The molecule has 10 rings (SSSR count). The summed E-state index contributed by atoms with van der Waals surface area (Å²) in [6.45, 7) is 0. The van der Waals surface area contributed by atoms with Crippen LogP contribution in [0.5, 0.6) is 0 Å². The molecule has 0 aliphatic heterocycles. The van der Waals surface area contributed by atoms with Crippen molar-refractivity contribution in [1.82, 2.24) is 4.98 Å². The average molecular weight is 895 g/mol. The fourth-order valence-electron chi connectivity index (χ4n) is 9.40. The Labute approximate surface area is 410 Å². The number of benzene rings is 9. The van der Waals surface area contributed by atoms with Gasteiger partial charge in [0.2, 0.25) is 0 Å². The number of hydrogen-bond acceptors (Lipinski definition) is 4. The molecule has 0 aliphatic carbocycles. The smallest absolute Gasteiger partial charge is 0.102 e. The van der Waals surface area contributed by atoms with E-state index in [1.807, 2.05) is 48.7 Å². The van der Waals surface area contributed by atoms with E-state index in [-0.39, 0.29) is 16.7 Å². The van der Waals surface area contributed by atoms with Gasteiger partial charge in [-0.3, -0.25) is 4.98 Å². The molecule has 0 atom stereocenters. The lowest BCUT2D eigenvalue weighted by molar-refractivity contribution is 0.931. The van der Waals surface area contributed by atoms with Crippen molar-refractivity contribution in [2.45, 2.75) is 25.7 Å². The van der Waals surface area contributed by atoms with E-state index in [2.05, 4.69) is 193 Å². The van der Waals surface area contributed by atoms with E-state index in [4.69, 9.17) is 0 Å². The molecule has 0 spiro atoms. The molecule has 9 aromatic carbocycles. The lowest BCUT2D eigenvalue weighted by atomic mass is 9.86. The van der Waals surface area contributed by atoms with E-state index in [1.54, 1.807) is 12.1 Å². The van der Waals surface area contributed by atoms with Crippen LogP contribution >= 0.6 is 0 Å². The van der Waals surface area contributed by atoms with Crippen LogP contribution in [0.2, 0.25) is 0 Å². The summed E-state index contributed by atoms with van der Waals surface area (Å²) in [4.78, 5) is 4.55. The van der Waals surface area contributed by atoms with Crippen molar-refractivity contribution < 1.29 is 0 Å². The quantitative estimate of drug-likeness (QED) is 0.115. The van der Waals surface area contributed by atoms with E-state index in [0.29, 0.717) is 5.56 Å². The van der Waals surface area contributed by atoms with Crippen molar-refractivity contribution in [3.8, 4) is 96.2 Å². The number of pyridine rings is 1. The monoisotopic (exact) mass is 894 g/mol. The lowest BCUT2D eigenvalue weighted by Crippen LogP contribution is -1.98. The minimum Gasteiger partial charge on any atom is -0.256 e. The van der Waals surface area contributed by atoms with Gasteiger partial charge in [-0.1, -0.05) is 194 Å². The number of hydrogen-bond donors (Lipinski definition) is 0. The van der Waals surface area contributed by atoms with Crippen LogP contribution in [0.15, 0.2) is 231 Å². The highest BCUT2D eigenvalue weighted by molar-refractivity contribution is 5.94. The van der Waals surface area contributed by atoms with E-state index >= 15 is 0 Å². The summed E-state index contributed by atoms with van der Waals surface area (Å²) in [6.07, 6.45) is 5.47. The number of nitriles is 3. The van der Waals surface area contributed by atoms with Crippen LogP contribution in [0.1, 0.15) is 38.9 Å². The Kier molecular flexibility index (Phi) is 13.1. The first-order chi connectivity index (χ1) is 34.5. The second-order valence-electron chi connectivity index (χ2n) is 17.5. The standard InChI is InChI=1S/C66H46N4/c67-43-59-40-57(41-60(44-68)65(59)45-69)53-30-32-54(33-31-53)64-42-56(51-13-5-2-6-14-51)34-35-63(64)62-16-8-7-15-61(62)58-38-48(20-18-46-22-26-52(27-23-46)50-11-3-1-4-12-50)37-49(39-58)21-19-47-24-28-55(29-25-47)66-17-9-10-36-70-66/h1-17,22-42H,18-21H2. The molecule has 0 saturated carbocycles. The second kappa shape index (κ2) is 20.6. The first-order valence-electron chi connectivity index (χ1n) is 23.6. The van der Waals surface area contributed by atoms with Gasteiger partial charge in [0.15, 0.2) is 0 Å². The molecule has 70 heavy (non-hydrogen) atoms. The minimum absolute atomic E-state index is 0.102. The summed E-state index contributed by atoms with van der Waals surface area (Å²) in [5.74, 6) is 0. The zero-order valence-electron chi connectivity index (χ0n) is 38.6. The van der Waals surface area contributed by atoms with Gasteiger partial charge in [0.05, 0.1) is 22.4 Å². The highest BCUT2D eigenvalue weighted by atomic mass is 14.7. The van der Waals surface area contributed by atoms with Crippen molar-refractivity contribution in [3.05, 3.63) is 270 Å². The topological polar surface area (TPSA) is 84.3 Å². The Hall–Kier alpha value is -9.40. The summed E-state index contributed by atoms with van der Waals surface area (Å²) < 4.78 is 0. The van der Waals surface area contributed by atoms with Crippen LogP contribution in [-0.2, 0) is 25.7 Å².